The lowest BCUT2D eigenvalue weighted by atomic mass is 10.1. The Kier molecular flexibility index (Phi) is 5.59. The van der Waals surface area contributed by atoms with Gasteiger partial charge in [-0.15, -0.1) is 0 Å². The molecule has 0 aromatic heterocycles. The highest BCUT2D eigenvalue weighted by Gasteiger charge is 2.07. The molecule has 0 heterocycles. The standard InChI is InChI=1S/C15H21NO2/c1-4-11(2)12(3)15(18)16-9-13-7-5-6-8-14(13)10-17/h5-8,17H,4,9-10H2,1-3H3,(H,16,18)/b12-11-. The van der Waals surface area contributed by atoms with Crippen molar-refractivity contribution < 1.29 is 9.90 Å². The first kappa shape index (κ1) is 14.5. The van der Waals surface area contributed by atoms with Gasteiger partial charge in [0.25, 0.3) is 0 Å². The molecule has 0 bridgehead atoms. The quantitative estimate of drug-likeness (QED) is 0.786. The molecule has 0 aliphatic heterocycles. The van der Waals surface area contributed by atoms with Crippen molar-refractivity contribution in [3.8, 4) is 0 Å². The summed E-state index contributed by atoms with van der Waals surface area (Å²) in [5.74, 6) is -0.0397. The Morgan fingerprint density at radius 3 is 2.39 bits per heavy atom. The maximum Gasteiger partial charge on any atom is 0.247 e. The van der Waals surface area contributed by atoms with Crippen LogP contribution in [0.2, 0.25) is 0 Å². The number of carbonyl (C=O) groups excluding carboxylic acids is 1. The highest BCUT2D eigenvalue weighted by Crippen LogP contribution is 2.10. The van der Waals surface area contributed by atoms with Crippen LogP contribution in [-0.2, 0) is 17.9 Å². The van der Waals surface area contributed by atoms with Crippen molar-refractivity contribution in [1.82, 2.24) is 5.32 Å². The maximum absolute atomic E-state index is 11.9. The fourth-order valence-electron chi connectivity index (χ4n) is 1.65. The van der Waals surface area contributed by atoms with Crippen LogP contribution in [0.4, 0.5) is 0 Å². The highest BCUT2D eigenvalue weighted by molar-refractivity contribution is 5.93. The third-order valence-electron chi connectivity index (χ3n) is 3.24. The monoisotopic (exact) mass is 247 g/mol. The molecule has 1 aromatic rings. The normalized spacial score (nSPS) is 12.0. The van der Waals surface area contributed by atoms with E-state index in [0.717, 1.165) is 28.7 Å². The molecule has 0 aliphatic rings. The molecule has 0 spiro atoms. The number of nitrogens with one attached hydrogen (secondary N) is 1. The van der Waals surface area contributed by atoms with Crippen molar-refractivity contribution in [2.45, 2.75) is 40.3 Å². The number of allylic oxidation sites excluding steroid dienone is 1. The summed E-state index contributed by atoms with van der Waals surface area (Å²) in [5.41, 5.74) is 3.68. The van der Waals surface area contributed by atoms with Gasteiger partial charge >= 0.3 is 0 Å². The first-order chi connectivity index (χ1) is 8.60. The maximum atomic E-state index is 11.9. The average Bonchev–Trinajstić information content (AvgIpc) is 2.43. The van der Waals surface area contributed by atoms with Crippen molar-refractivity contribution in [2.75, 3.05) is 0 Å². The van der Waals surface area contributed by atoms with Gasteiger partial charge in [-0.3, -0.25) is 4.79 Å². The minimum Gasteiger partial charge on any atom is -0.392 e. The zero-order chi connectivity index (χ0) is 13.5. The van der Waals surface area contributed by atoms with Crippen molar-refractivity contribution in [3.63, 3.8) is 0 Å². The number of carbonyl (C=O) groups is 1. The summed E-state index contributed by atoms with van der Waals surface area (Å²) in [4.78, 5) is 11.9. The molecule has 0 saturated heterocycles. The number of aliphatic hydroxyl groups excluding tert-OH is 1. The average molecular weight is 247 g/mol. The van der Waals surface area contributed by atoms with E-state index < -0.39 is 0 Å². The molecule has 1 aromatic carbocycles. The number of hydrogen-bond donors (Lipinski definition) is 2. The Labute approximate surface area is 109 Å². The first-order valence-electron chi connectivity index (χ1n) is 6.22. The summed E-state index contributed by atoms with van der Waals surface area (Å²) in [6.45, 7) is 6.29. The predicted molar refractivity (Wildman–Crippen MR) is 72.9 cm³/mol. The van der Waals surface area contributed by atoms with E-state index in [1.165, 1.54) is 0 Å². The number of benzene rings is 1. The van der Waals surface area contributed by atoms with Gasteiger partial charge in [0.05, 0.1) is 6.61 Å². The van der Waals surface area contributed by atoms with Crippen LogP contribution >= 0.6 is 0 Å². The van der Waals surface area contributed by atoms with E-state index in [2.05, 4.69) is 5.32 Å². The molecule has 0 unspecified atom stereocenters. The van der Waals surface area contributed by atoms with Gasteiger partial charge in [0.15, 0.2) is 0 Å². The molecule has 3 nitrogen and oxygen atoms in total. The lowest BCUT2D eigenvalue weighted by molar-refractivity contribution is -0.117. The van der Waals surface area contributed by atoms with Gasteiger partial charge in [-0.25, -0.2) is 0 Å². The molecule has 18 heavy (non-hydrogen) atoms. The van der Waals surface area contributed by atoms with E-state index in [9.17, 15) is 9.90 Å². The Bertz CT molecular complexity index is 450. The Morgan fingerprint density at radius 1 is 1.22 bits per heavy atom. The second kappa shape index (κ2) is 6.97. The van der Waals surface area contributed by atoms with Gasteiger partial charge in [0.2, 0.25) is 5.91 Å². The van der Waals surface area contributed by atoms with Crippen LogP contribution in [0.3, 0.4) is 0 Å². The molecule has 98 valence electrons. The van der Waals surface area contributed by atoms with Gasteiger partial charge in [0, 0.05) is 12.1 Å². The van der Waals surface area contributed by atoms with Crippen molar-refractivity contribution in [1.29, 1.82) is 0 Å². The van der Waals surface area contributed by atoms with Crippen molar-refractivity contribution in [2.24, 2.45) is 0 Å². The predicted octanol–water partition coefficient (Wildman–Crippen LogP) is 2.54. The number of hydrogen-bond acceptors (Lipinski definition) is 2. The van der Waals surface area contributed by atoms with Crippen LogP contribution in [0.1, 0.15) is 38.3 Å². The third-order valence-corrected chi connectivity index (χ3v) is 3.24. The Hall–Kier alpha value is -1.61. The number of amides is 1. The van der Waals surface area contributed by atoms with E-state index in [4.69, 9.17) is 0 Å². The van der Waals surface area contributed by atoms with E-state index in [-0.39, 0.29) is 12.5 Å². The van der Waals surface area contributed by atoms with Gasteiger partial charge in [-0.2, -0.15) is 0 Å². The summed E-state index contributed by atoms with van der Waals surface area (Å²) in [6.07, 6.45) is 0.881. The Morgan fingerprint density at radius 2 is 1.83 bits per heavy atom. The molecular formula is C15H21NO2. The highest BCUT2D eigenvalue weighted by atomic mass is 16.3. The first-order valence-corrected chi connectivity index (χ1v) is 6.22. The molecule has 0 saturated carbocycles. The molecule has 0 aliphatic carbocycles. The van der Waals surface area contributed by atoms with Gasteiger partial charge in [-0.05, 0) is 31.4 Å². The largest absolute Gasteiger partial charge is 0.392 e. The second-order valence-electron chi connectivity index (χ2n) is 4.37. The topological polar surface area (TPSA) is 49.3 Å². The van der Waals surface area contributed by atoms with E-state index >= 15 is 0 Å². The number of rotatable bonds is 5. The summed E-state index contributed by atoms with van der Waals surface area (Å²) in [7, 11) is 0. The van der Waals surface area contributed by atoms with Crippen LogP contribution in [0, 0.1) is 0 Å². The van der Waals surface area contributed by atoms with Crippen molar-refractivity contribution in [3.05, 3.63) is 46.5 Å². The SMILES string of the molecule is CC/C(C)=C(/C)C(=O)NCc1ccccc1CO. The van der Waals surface area contributed by atoms with E-state index in [1.54, 1.807) is 0 Å². The van der Waals surface area contributed by atoms with Crippen LogP contribution in [-0.4, -0.2) is 11.0 Å². The summed E-state index contributed by atoms with van der Waals surface area (Å²) < 4.78 is 0. The van der Waals surface area contributed by atoms with Crippen LogP contribution in [0.5, 0.6) is 0 Å². The van der Waals surface area contributed by atoms with Gasteiger partial charge in [-0.1, -0.05) is 36.8 Å². The fourth-order valence-corrected chi connectivity index (χ4v) is 1.65. The molecule has 0 atom stereocenters. The minimum absolute atomic E-state index is 0.00511. The molecule has 2 N–H and O–H groups in total. The summed E-state index contributed by atoms with van der Waals surface area (Å²) >= 11 is 0. The smallest absolute Gasteiger partial charge is 0.247 e. The molecule has 1 rings (SSSR count). The molecule has 0 fully saturated rings. The lowest BCUT2D eigenvalue weighted by Crippen LogP contribution is -2.24. The van der Waals surface area contributed by atoms with Gasteiger partial charge in [0.1, 0.15) is 0 Å². The van der Waals surface area contributed by atoms with E-state index in [0.29, 0.717) is 6.54 Å². The van der Waals surface area contributed by atoms with E-state index in [1.807, 2.05) is 45.0 Å². The zero-order valence-electron chi connectivity index (χ0n) is 11.3. The molecular weight excluding hydrogens is 226 g/mol. The third kappa shape index (κ3) is 3.70. The van der Waals surface area contributed by atoms with Crippen molar-refractivity contribution >= 4 is 5.91 Å². The fraction of sp³-hybridized carbons (Fsp3) is 0.400. The van der Waals surface area contributed by atoms with Crippen LogP contribution < -0.4 is 5.32 Å². The Balaban J connectivity index is 2.69. The lowest BCUT2D eigenvalue weighted by Gasteiger charge is -2.10. The van der Waals surface area contributed by atoms with Gasteiger partial charge < -0.3 is 10.4 Å². The summed E-state index contributed by atoms with van der Waals surface area (Å²) in [5, 5.41) is 12.1. The summed E-state index contributed by atoms with van der Waals surface area (Å²) in [6, 6.07) is 7.56. The molecule has 1 amide bonds. The number of aliphatic hydroxyl groups is 1. The van der Waals surface area contributed by atoms with Crippen LogP contribution in [0.15, 0.2) is 35.4 Å². The molecule has 3 heteroatoms. The molecule has 0 radical (unpaired) electrons. The zero-order valence-corrected chi connectivity index (χ0v) is 11.3. The van der Waals surface area contributed by atoms with Crippen LogP contribution in [0.25, 0.3) is 0 Å². The second-order valence-corrected chi connectivity index (χ2v) is 4.37. The minimum atomic E-state index is -0.0397.